The predicted octanol–water partition coefficient (Wildman–Crippen LogP) is 2.11. The number of carboxylic acids is 2. The van der Waals surface area contributed by atoms with Gasteiger partial charge in [-0.3, -0.25) is 0 Å². The van der Waals surface area contributed by atoms with Crippen LogP contribution >= 0.6 is 0 Å². The van der Waals surface area contributed by atoms with E-state index >= 15 is 0 Å². The first-order chi connectivity index (χ1) is 12.1. The molecule has 0 fully saturated rings. The Labute approximate surface area is 158 Å². The van der Waals surface area contributed by atoms with Gasteiger partial charge in [0.1, 0.15) is 23.3 Å². The number of carbonyl (C=O) groups is 4. The van der Waals surface area contributed by atoms with Crippen LogP contribution in [0.3, 0.4) is 0 Å². The molecule has 0 aliphatic heterocycles. The van der Waals surface area contributed by atoms with Gasteiger partial charge in [-0.2, -0.15) is 0 Å². The largest absolute Gasteiger partial charge is 0.480 e. The molecule has 0 saturated carbocycles. The molecule has 0 aromatic carbocycles. The maximum absolute atomic E-state index is 11.7. The number of amides is 2. The van der Waals surface area contributed by atoms with Crippen LogP contribution < -0.4 is 10.6 Å². The van der Waals surface area contributed by atoms with Crippen LogP contribution in [0.15, 0.2) is 0 Å². The van der Waals surface area contributed by atoms with Crippen LogP contribution in [0.25, 0.3) is 0 Å². The van der Waals surface area contributed by atoms with Crippen molar-refractivity contribution in [1.82, 2.24) is 10.6 Å². The molecule has 0 saturated heterocycles. The second-order valence-electron chi connectivity index (χ2n) is 8.01. The van der Waals surface area contributed by atoms with Gasteiger partial charge in [-0.25, -0.2) is 19.2 Å². The second kappa shape index (κ2) is 9.98. The third-order valence-corrected chi connectivity index (χ3v) is 2.96. The first-order valence-electron chi connectivity index (χ1n) is 8.55. The van der Waals surface area contributed by atoms with E-state index in [1.54, 1.807) is 41.5 Å². The molecular formula is C17H30N2O8. The zero-order valence-electron chi connectivity index (χ0n) is 16.6. The molecule has 2 amide bonds. The zero-order valence-corrected chi connectivity index (χ0v) is 16.6. The number of hydrogen-bond donors (Lipinski definition) is 4. The molecule has 0 aliphatic carbocycles. The van der Waals surface area contributed by atoms with Gasteiger partial charge in [0, 0.05) is 0 Å². The molecule has 0 bridgehead atoms. The number of carboxylic acid groups (broad SMARTS) is 2. The van der Waals surface area contributed by atoms with Gasteiger partial charge < -0.3 is 30.3 Å². The molecule has 2 atom stereocenters. The summed E-state index contributed by atoms with van der Waals surface area (Å²) < 4.78 is 10.0. The molecule has 0 heterocycles. The molecule has 0 radical (unpaired) electrons. The Morgan fingerprint density at radius 1 is 0.741 bits per heavy atom. The number of carbonyl (C=O) groups excluding carboxylic acids is 2. The highest BCUT2D eigenvalue weighted by atomic mass is 16.6. The molecular weight excluding hydrogens is 360 g/mol. The van der Waals surface area contributed by atoms with Gasteiger partial charge in [-0.15, -0.1) is 0 Å². The highest BCUT2D eigenvalue weighted by molar-refractivity contribution is 5.80. The smallest absolute Gasteiger partial charge is 0.408 e. The van der Waals surface area contributed by atoms with Crippen molar-refractivity contribution in [2.75, 3.05) is 0 Å². The lowest BCUT2D eigenvalue weighted by Gasteiger charge is -2.23. The van der Waals surface area contributed by atoms with Crippen LogP contribution in [0.1, 0.15) is 60.8 Å². The summed E-state index contributed by atoms with van der Waals surface area (Å²) >= 11 is 0. The van der Waals surface area contributed by atoms with Gasteiger partial charge in [0.2, 0.25) is 0 Å². The minimum absolute atomic E-state index is 0.0334. The quantitative estimate of drug-likeness (QED) is 0.492. The minimum Gasteiger partial charge on any atom is -0.480 e. The van der Waals surface area contributed by atoms with Crippen LogP contribution in [0.4, 0.5) is 9.59 Å². The number of hydrogen-bond acceptors (Lipinski definition) is 6. The molecule has 0 spiro atoms. The van der Waals surface area contributed by atoms with Gasteiger partial charge in [0.05, 0.1) is 0 Å². The highest BCUT2D eigenvalue weighted by Gasteiger charge is 2.27. The van der Waals surface area contributed by atoms with Crippen LogP contribution in [-0.4, -0.2) is 57.6 Å². The van der Waals surface area contributed by atoms with Gasteiger partial charge >= 0.3 is 24.1 Å². The zero-order chi connectivity index (χ0) is 21.4. The van der Waals surface area contributed by atoms with Crippen molar-refractivity contribution in [3.05, 3.63) is 0 Å². The lowest BCUT2D eigenvalue weighted by atomic mass is 10.1. The third-order valence-electron chi connectivity index (χ3n) is 2.96. The monoisotopic (exact) mass is 390 g/mol. The summed E-state index contributed by atoms with van der Waals surface area (Å²) in [6.45, 7) is 9.85. The SMILES string of the molecule is CC(C)(C)OC(=O)NC(CCCC(NC(=O)OC(C)(C)C)C(=O)O)C(=O)O. The molecule has 156 valence electrons. The van der Waals surface area contributed by atoms with Crippen molar-refractivity contribution in [2.24, 2.45) is 0 Å². The van der Waals surface area contributed by atoms with Crippen LogP contribution in [0.2, 0.25) is 0 Å². The molecule has 10 heteroatoms. The van der Waals surface area contributed by atoms with Crippen LogP contribution in [-0.2, 0) is 19.1 Å². The maximum Gasteiger partial charge on any atom is 0.408 e. The molecule has 0 aromatic rings. The van der Waals surface area contributed by atoms with Crippen molar-refractivity contribution in [2.45, 2.75) is 84.1 Å². The Morgan fingerprint density at radius 3 is 1.26 bits per heavy atom. The summed E-state index contributed by atoms with van der Waals surface area (Å²) in [7, 11) is 0. The van der Waals surface area contributed by atoms with Crippen LogP contribution in [0.5, 0.6) is 0 Å². The van der Waals surface area contributed by atoms with E-state index in [-0.39, 0.29) is 19.3 Å². The van der Waals surface area contributed by atoms with Gasteiger partial charge in [-0.1, -0.05) is 0 Å². The Morgan fingerprint density at radius 2 is 1.04 bits per heavy atom. The van der Waals surface area contributed by atoms with Crippen molar-refractivity contribution < 1.29 is 38.9 Å². The second-order valence-corrected chi connectivity index (χ2v) is 8.01. The first kappa shape index (κ1) is 24.5. The standard InChI is InChI=1S/C17H30N2O8/c1-16(2,3)26-14(24)18-10(12(20)21)8-7-9-11(13(22)23)19-15(25)27-17(4,5)6/h10-11H,7-9H2,1-6H3,(H,18,24)(H,19,25)(H,20,21)(H,22,23). The molecule has 4 N–H and O–H groups in total. The molecule has 0 aliphatic rings. The molecule has 0 rings (SSSR count). The summed E-state index contributed by atoms with van der Waals surface area (Å²) in [6, 6.07) is -2.48. The normalized spacial score (nSPS) is 13.9. The fourth-order valence-corrected chi connectivity index (χ4v) is 1.94. The third kappa shape index (κ3) is 12.5. The Kier molecular flexibility index (Phi) is 9.05. The van der Waals surface area contributed by atoms with E-state index in [9.17, 15) is 29.4 Å². The Balaban J connectivity index is 4.64. The first-order valence-corrected chi connectivity index (χ1v) is 8.55. The van der Waals surface area contributed by atoms with Gasteiger partial charge in [0.15, 0.2) is 0 Å². The van der Waals surface area contributed by atoms with E-state index in [4.69, 9.17) is 9.47 Å². The van der Waals surface area contributed by atoms with E-state index in [1.807, 2.05) is 0 Å². The lowest BCUT2D eigenvalue weighted by molar-refractivity contribution is -0.139. The molecule has 10 nitrogen and oxygen atoms in total. The summed E-state index contributed by atoms with van der Waals surface area (Å²) in [4.78, 5) is 45.9. The maximum atomic E-state index is 11.7. The molecule has 27 heavy (non-hydrogen) atoms. The minimum atomic E-state index is -1.27. The van der Waals surface area contributed by atoms with Crippen molar-refractivity contribution in [3.63, 3.8) is 0 Å². The van der Waals surface area contributed by atoms with Crippen molar-refractivity contribution >= 4 is 24.1 Å². The summed E-state index contributed by atoms with van der Waals surface area (Å²) in [6.07, 6.45) is -1.70. The summed E-state index contributed by atoms with van der Waals surface area (Å²) in [5, 5.41) is 22.8. The number of aliphatic carboxylic acids is 2. The van der Waals surface area contributed by atoms with E-state index in [1.165, 1.54) is 0 Å². The van der Waals surface area contributed by atoms with E-state index in [2.05, 4.69) is 10.6 Å². The van der Waals surface area contributed by atoms with Crippen LogP contribution in [0, 0.1) is 0 Å². The molecule has 2 unspecified atom stereocenters. The van der Waals surface area contributed by atoms with Gasteiger partial charge in [0.25, 0.3) is 0 Å². The number of rotatable bonds is 8. The van der Waals surface area contributed by atoms with Crippen molar-refractivity contribution in [1.29, 1.82) is 0 Å². The lowest BCUT2D eigenvalue weighted by Crippen LogP contribution is -2.45. The number of ether oxygens (including phenoxy) is 2. The summed E-state index contributed by atoms with van der Waals surface area (Å²) in [5.74, 6) is -2.54. The van der Waals surface area contributed by atoms with E-state index in [0.29, 0.717) is 0 Å². The average Bonchev–Trinajstić information content (AvgIpc) is 2.40. The van der Waals surface area contributed by atoms with E-state index < -0.39 is 47.4 Å². The van der Waals surface area contributed by atoms with Crippen molar-refractivity contribution in [3.8, 4) is 0 Å². The van der Waals surface area contributed by atoms with E-state index in [0.717, 1.165) is 0 Å². The topological polar surface area (TPSA) is 151 Å². The number of alkyl carbamates (subject to hydrolysis) is 2. The van der Waals surface area contributed by atoms with Gasteiger partial charge in [-0.05, 0) is 60.8 Å². The fourth-order valence-electron chi connectivity index (χ4n) is 1.94. The Bertz CT molecular complexity index is 500. The fraction of sp³-hybridized carbons (Fsp3) is 0.765. The number of nitrogens with one attached hydrogen (secondary N) is 2. The summed E-state index contributed by atoms with van der Waals surface area (Å²) in [5.41, 5.74) is -1.56. The average molecular weight is 390 g/mol. The predicted molar refractivity (Wildman–Crippen MR) is 95.4 cm³/mol. The molecule has 0 aromatic heterocycles. The Hall–Kier alpha value is -2.52. The highest BCUT2D eigenvalue weighted by Crippen LogP contribution is 2.11.